The van der Waals surface area contributed by atoms with Crippen LogP contribution in [-0.4, -0.2) is 27.0 Å². The molecule has 0 saturated carbocycles. The number of ether oxygens (including phenoxy) is 1. The topological polar surface area (TPSA) is 66.0 Å². The average molecular weight is 306 g/mol. The summed E-state index contributed by atoms with van der Waals surface area (Å²) in [4.78, 5) is 3.92. The molecule has 0 atom stereocenters. The van der Waals surface area contributed by atoms with Gasteiger partial charge in [0.25, 0.3) is 0 Å². The van der Waals surface area contributed by atoms with E-state index in [9.17, 15) is 0 Å². The maximum atomic E-state index is 5.51. The number of nitrogens with zero attached hydrogens (tertiary/aromatic N) is 4. The Bertz CT molecular complexity index is 944. The van der Waals surface area contributed by atoms with Crippen LogP contribution in [0.1, 0.15) is 5.76 Å². The Kier molecular flexibility index (Phi) is 3.27. The van der Waals surface area contributed by atoms with Crippen LogP contribution in [0.25, 0.3) is 22.0 Å². The fourth-order valence-electron chi connectivity index (χ4n) is 2.67. The summed E-state index contributed by atoms with van der Waals surface area (Å²) < 4.78 is 12.6. The van der Waals surface area contributed by atoms with Gasteiger partial charge in [0, 0.05) is 6.07 Å². The van der Waals surface area contributed by atoms with Crippen molar-refractivity contribution in [2.24, 2.45) is 0 Å². The van der Waals surface area contributed by atoms with Gasteiger partial charge in [-0.15, -0.1) is 0 Å². The van der Waals surface area contributed by atoms with Gasteiger partial charge in [-0.3, -0.25) is 0 Å². The highest BCUT2D eigenvalue weighted by Gasteiger charge is 2.15. The second-order valence-electron chi connectivity index (χ2n) is 5.14. The maximum Gasteiger partial charge on any atom is 0.158 e. The van der Waals surface area contributed by atoms with Crippen molar-refractivity contribution in [3.8, 4) is 17.0 Å². The van der Waals surface area contributed by atoms with Gasteiger partial charge < -0.3 is 9.26 Å². The van der Waals surface area contributed by atoms with Crippen LogP contribution in [0.4, 0.5) is 0 Å². The molecule has 2 heterocycles. The van der Waals surface area contributed by atoms with Crippen LogP contribution in [0, 0.1) is 0 Å². The van der Waals surface area contributed by atoms with Gasteiger partial charge in [0.2, 0.25) is 0 Å². The third-order valence-electron chi connectivity index (χ3n) is 3.71. The second kappa shape index (κ2) is 5.57. The first-order valence-electron chi connectivity index (χ1n) is 7.19. The first-order chi connectivity index (χ1) is 11.3. The summed E-state index contributed by atoms with van der Waals surface area (Å²) >= 11 is 0. The molecule has 0 N–H and O–H groups in total. The van der Waals surface area contributed by atoms with E-state index >= 15 is 0 Å². The van der Waals surface area contributed by atoms with Crippen LogP contribution >= 0.6 is 0 Å². The Morgan fingerprint density at radius 2 is 2.09 bits per heavy atom. The molecule has 0 fully saturated rings. The zero-order valence-electron chi connectivity index (χ0n) is 12.5. The highest BCUT2D eigenvalue weighted by Crippen LogP contribution is 2.36. The van der Waals surface area contributed by atoms with Gasteiger partial charge in [0.1, 0.15) is 30.6 Å². The molecule has 6 heteroatoms. The smallest absolute Gasteiger partial charge is 0.158 e. The molecule has 0 spiro atoms. The van der Waals surface area contributed by atoms with E-state index in [2.05, 4.69) is 27.4 Å². The molecule has 6 nitrogen and oxygen atoms in total. The second-order valence-corrected chi connectivity index (χ2v) is 5.14. The first-order valence-corrected chi connectivity index (χ1v) is 7.19. The Balaban J connectivity index is 1.81. The molecule has 0 amide bonds. The number of hydrogen-bond acceptors (Lipinski definition) is 5. The zero-order chi connectivity index (χ0) is 15.6. The highest BCUT2D eigenvalue weighted by atomic mass is 16.5. The molecule has 0 aliphatic rings. The van der Waals surface area contributed by atoms with E-state index in [0.717, 1.165) is 27.8 Å². The summed E-state index contributed by atoms with van der Waals surface area (Å²) in [5.74, 6) is 1.48. The van der Waals surface area contributed by atoms with Crippen LogP contribution in [0.15, 0.2) is 59.6 Å². The van der Waals surface area contributed by atoms with Gasteiger partial charge in [0.15, 0.2) is 5.76 Å². The van der Waals surface area contributed by atoms with E-state index in [4.69, 9.17) is 9.26 Å². The minimum atomic E-state index is 0.486. The van der Waals surface area contributed by atoms with Crippen LogP contribution in [-0.2, 0) is 6.54 Å². The lowest BCUT2D eigenvalue weighted by molar-refractivity contribution is 0.372. The monoisotopic (exact) mass is 306 g/mol. The number of aromatic nitrogens is 4. The van der Waals surface area contributed by atoms with Crippen molar-refractivity contribution in [2.45, 2.75) is 6.54 Å². The summed E-state index contributed by atoms with van der Waals surface area (Å²) in [5.41, 5.74) is 1.67. The Labute approximate surface area is 132 Å². The van der Waals surface area contributed by atoms with E-state index in [0.29, 0.717) is 12.3 Å². The SMILES string of the molecule is COc1ccc2ccccc2c1-c1cc(Cn2cncn2)on1. The van der Waals surface area contributed by atoms with Gasteiger partial charge in [0.05, 0.1) is 12.7 Å². The fourth-order valence-corrected chi connectivity index (χ4v) is 2.67. The van der Waals surface area contributed by atoms with Crippen molar-refractivity contribution in [1.29, 1.82) is 0 Å². The third-order valence-corrected chi connectivity index (χ3v) is 3.71. The third kappa shape index (κ3) is 2.44. The lowest BCUT2D eigenvalue weighted by Gasteiger charge is -2.09. The number of methoxy groups -OCH3 is 1. The van der Waals surface area contributed by atoms with E-state index < -0.39 is 0 Å². The lowest BCUT2D eigenvalue weighted by atomic mass is 10.0. The van der Waals surface area contributed by atoms with Gasteiger partial charge in [-0.1, -0.05) is 35.5 Å². The zero-order valence-corrected chi connectivity index (χ0v) is 12.5. The van der Waals surface area contributed by atoms with E-state index in [1.54, 1.807) is 18.1 Å². The van der Waals surface area contributed by atoms with Gasteiger partial charge in [-0.2, -0.15) is 5.10 Å². The molecule has 4 rings (SSSR count). The number of benzene rings is 2. The Hall–Kier alpha value is -3.15. The summed E-state index contributed by atoms with van der Waals surface area (Å²) in [6.45, 7) is 0.486. The molecule has 0 saturated heterocycles. The van der Waals surface area contributed by atoms with Crippen LogP contribution in [0.5, 0.6) is 5.75 Å². The highest BCUT2D eigenvalue weighted by molar-refractivity contribution is 5.98. The van der Waals surface area contributed by atoms with Crippen molar-refractivity contribution in [3.05, 3.63) is 60.9 Å². The molecule has 4 aromatic rings. The fraction of sp³-hybridized carbons (Fsp3) is 0.118. The molecule has 0 aliphatic carbocycles. The molecular formula is C17H14N4O2. The largest absolute Gasteiger partial charge is 0.496 e. The molecular weight excluding hydrogens is 292 g/mol. The minimum absolute atomic E-state index is 0.486. The molecule has 0 aliphatic heterocycles. The molecule has 2 aromatic heterocycles. The molecule has 0 radical (unpaired) electrons. The lowest BCUT2D eigenvalue weighted by Crippen LogP contribution is -1.98. The summed E-state index contributed by atoms with van der Waals surface area (Å²) in [5, 5.41) is 10.5. The Morgan fingerprint density at radius 1 is 1.17 bits per heavy atom. The minimum Gasteiger partial charge on any atom is -0.496 e. The van der Waals surface area contributed by atoms with Crippen molar-refractivity contribution >= 4 is 10.8 Å². The van der Waals surface area contributed by atoms with Crippen molar-refractivity contribution in [2.75, 3.05) is 7.11 Å². The predicted molar refractivity (Wildman–Crippen MR) is 85.1 cm³/mol. The standard InChI is InChI=1S/C17H14N4O2/c1-22-16-7-6-12-4-2-3-5-14(12)17(16)15-8-13(23-20-15)9-21-11-18-10-19-21/h2-8,10-11H,9H2,1H3. The molecule has 23 heavy (non-hydrogen) atoms. The van der Waals surface area contributed by atoms with Crippen molar-refractivity contribution < 1.29 is 9.26 Å². The van der Waals surface area contributed by atoms with Crippen molar-refractivity contribution in [1.82, 2.24) is 19.9 Å². The van der Waals surface area contributed by atoms with E-state index in [-0.39, 0.29) is 0 Å². The van der Waals surface area contributed by atoms with Crippen molar-refractivity contribution in [3.63, 3.8) is 0 Å². The first kappa shape index (κ1) is 13.5. The van der Waals surface area contributed by atoms with Crippen LogP contribution in [0.2, 0.25) is 0 Å². The van der Waals surface area contributed by atoms with Crippen LogP contribution < -0.4 is 4.74 Å². The quantitative estimate of drug-likeness (QED) is 0.579. The average Bonchev–Trinajstić information content (AvgIpc) is 3.26. The molecule has 114 valence electrons. The van der Waals surface area contributed by atoms with E-state index in [1.165, 1.54) is 6.33 Å². The number of fused-ring (bicyclic) bond motifs is 1. The Morgan fingerprint density at radius 3 is 2.91 bits per heavy atom. The van der Waals surface area contributed by atoms with E-state index in [1.807, 2.05) is 30.3 Å². The molecule has 0 bridgehead atoms. The van der Waals surface area contributed by atoms with Crippen LogP contribution in [0.3, 0.4) is 0 Å². The van der Waals surface area contributed by atoms with Gasteiger partial charge in [-0.05, 0) is 16.8 Å². The predicted octanol–water partition coefficient (Wildman–Crippen LogP) is 3.14. The summed E-state index contributed by atoms with van der Waals surface area (Å²) in [6.07, 6.45) is 3.13. The number of rotatable bonds is 4. The maximum absolute atomic E-state index is 5.51. The molecule has 0 unspecified atom stereocenters. The van der Waals surface area contributed by atoms with Gasteiger partial charge >= 0.3 is 0 Å². The van der Waals surface area contributed by atoms with Gasteiger partial charge in [-0.25, -0.2) is 9.67 Å². The summed E-state index contributed by atoms with van der Waals surface area (Å²) in [6, 6.07) is 14.0. The summed E-state index contributed by atoms with van der Waals surface area (Å²) in [7, 11) is 1.66. The number of hydrogen-bond donors (Lipinski definition) is 0. The molecule has 2 aromatic carbocycles. The normalized spacial score (nSPS) is 11.0.